The van der Waals surface area contributed by atoms with Crippen LogP contribution in [0.4, 0.5) is 8.78 Å². The molecule has 0 unspecified atom stereocenters. The predicted octanol–water partition coefficient (Wildman–Crippen LogP) is 2.40. The molecule has 0 aliphatic rings. The van der Waals surface area contributed by atoms with Gasteiger partial charge in [0.2, 0.25) is 6.43 Å². The normalized spacial score (nSPS) is 13.8. The molecule has 0 amide bonds. The lowest BCUT2D eigenvalue weighted by molar-refractivity contribution is 0.129. The van der Waals surface area contributed by atoms with Gasteiger partial charge in [0.25, 0.3) is 0 Å². The molecule has 1 aromatic rings. The number of nitrogens with two attached hydrogens (primary N) is 1. The first-order chi connectivity index (χ1) is 5.20. The second-order valence-electron chi connectivity index (χ2n) is 2.25. The smallest absolute Gasteiger partial charge is 0.240 e. The Balaban J connectivity index is 2.49. The lowest BCUT2D eigenvalue weighted by Crippen LogP contribution is -2.12. The number of halogens is 2. The van der Waals surface area contributed by atoms with Crippen molar-refractivity contribution < 1.29 is 8.78 Å². The van der Waals surface area contributed by atoms with E-state index >= 15 is 0 Å². The molecule has 11 heavy (non-hydrogen) atoms. The van der Waals surface area contributed by atoms with Gasteiger partial charge in [-0.1, -0.05) is 6.07 Å². The van der Waals surface area contributed by atoms with E-state index < -0.39 is 12.5 Å². The maximum Gasteiger partial charge on any atom is 0.240 e. The second-order valence-corrected chi connectivity index (χ2v) is 3.23. The van der Waals surface area contributed by atoms with Crippen molar-refractivity contribution in [2.24, 2.45) is 5.73 Å². The summed E-state index contributed by atoms with van der Waals surface area (Å²) in [4.78, 5) is 0.824. The Kier molecular flexibility index (Phi) is 2.96. The fraction of sp³-hybridized carbons (Fsp3) is 0.429. The SMILES string of the molecule is N[C@@H](CC(F)F)c1cccs1. The van der Waals surface area contributed by atoms with E-state index in [4.69, 9.17) is 5.73 Å². The van der Waals surface area contributed by atoms with Crippen LogP contribution < -0.4 is 5.73 Å². The van der Waals surface area contributed by atoms with Gasteiger partial charge >= 0.3 is 0 Å². The third-order valence-corrected chi connectivity index (χ3v) is 2.34. The van der Waals surface area contributed by atoms with Gasteiger partial charge < -0.3 is 5.73 Å². The number of thiophene rings is 1. The van der Waals surface area contributed by atoms with Crippen LogP contribution in [-0.2, 0) is 0 Å². The molecule has 0 saturated carbocycles. The van der Waals surface area contributed by atoms with Crippen LogP contribution in [0, 0.1) is 0 Å². The highest BCUT2D eigenvalue weighted by atomic mass is 32.1. The first-order valence-corrected chi connectivity index (χ1v) is 4.15. The third-order valence-electron chi connectivity index (χ3n) is 1.34. The molecule has 1 rings (SSSR count). The zero-order valence-corrected chi connectivity index (χ0v) is 6.65. The largest absolute Gasteiger partial charge is 0.323 e. The van der Waals surface area contributed by atoms with Crippen LogP contribution in [0.1, 0.15) is 17.3 Å². The maximum absolute atomic E-state index is 11.8. The molecule has 0 saturated heterocycles. The standard InChI is InChI=1S/C7H9F2NS/c8-7(9)4-5(10)6-2-1-3-11-6/h1-3,5,7H,4,10H2/t5-/m0/s1. The number of hydrogen-bond acceptors (Lipinski definition) is 2. The summed E-state index contributed by atoms with van der Waals surface area (Å²) in [5.74, 6) is 0. The number of alkyl halides is 2. The molecule has 1 heterocycles. The zero-order valence-electron chi connectivity index (χ0n) is 5.84. The topological polar surface area (TPSA) is 26.0 Å². The van der Waals surface area contributed by atoms with E-state index in [1.54, 1.807) is 6.07 Å². The van der Waals surface area contributed by atoms with Gasteiger partial charge in [0.05, 0.1) is 0 Å². The van der Waals surface area contributed by atoms with Gasteiger partial charge in [0.1, 0.15) is 0 Å². The van der Waals surface area contributed by atoms with E-state index in [-0.39, 0.29) is 6.42 Å². The Morgan fingerprint density at radius 3 is 2.73 bits per heavy atom. The maximum atomic E-state index is 11.8. The van der Waals surface area contributed by atoms with Crippen molar-refractivity contribution in [1.29, 1.82) is 0 Å². The van der Waals surface area contributed by atoms with Gasteiger partial charge in [0.15, 0.2) is 0 Å². The van der Waals surface area contributed by atoms with Crippen LogP contribution >= 0.6 is 11.3 Å². The van der Waals surface area contributed by atoms with Crippen molar-refractivity contribution in [1.82, 2.24) is 0 Å². The molecule has 0 radical (unpaired) electrons. The van der Waals surface area contributed by atoms with Gasteiger partial charge in [-0.3, -0.25) is 0 Å². The predicted molar refractivity (Wildman–Crippen MR) is 41.9 cm³/mol. The van der Waals surface area contributed by atoms with Crippen molar-refractivity contribution in [3.05, 3.63) is 22.4 Å². The molecule has 0 bridgehead atoms. The average Bonchev–Trinajstić information content (AvgIpc) is 2.35. The van der Waals surface area contributed by atoms with Crippen LogP contribution in [0.2, 0.25) is 0 Å². The Morgan fingerprint density at radius 2 is 2.27 bits per heavy atom. The minimum Gasteiger partial charge on any atom is -0.323 e. The summed E-state index contributed by atoms with van der Waals surface area (Å²) in [5, 5.41) is 1.83. The fourth-order valence-electron chi connectivity index (χ4n) is 0.810. The summed E-state index contributed by atoms with van der Waals surface area (Å²) in [6, 6.07) is 3.08. The van der Waals surface area contributed by atoms with Gasteiger partial charge in [-0.05, 0) is 11.4 Å². The first kappa shape index (κ1) is 8.62. The van der Waals surface area contributed by atoms with Gasteiger partial charge in [-0.25, -0.2) is 8.78 Å². The highest BCUT2D eigenvalue weighted by Gasteiger charge is 2.12. The molecule has 0 aliphatic heterocycles. The Labute approximate surface area is 67.8 Å². The molecular formula is C7H9F2NS. The van der Waals surface area contributed by atoms with E-state index in [2.05, 4.69) is 0 Å². The third kappa shape index (κ3) is 2.55. The van der Waals surface area contributed by atoms with E-state index in [1.807, 2.05) is 11.4 Å². The monoisotopic (exact) mass is 177 g/mol. The van der Waals surface area contributed by atoms with E-state index in [0.717, 1.165) is 4.88 Å². The first-order valence-electron chi connectivity index (χ1n) is 3.27. The molecule has 0 aliphatic carbocycles. The minimum atomic E-state index is -2.31. The summed E-state index contributed by atoms with van der Waals surface area (Å²) in [6.07, 6.45) is -2.56. The van der Waals surface area contributed by atoms with Crippen LogP contribution in [0.5, 0.6) is 0 Å². The molecule has 4 heteroatoms. The van der Waals surface area contributed by atoms with Crippen molar-refractivity contribution in [3.8, 4) is 0 Å². The van der Waals surface area contributed by atoms with Crippen molar-refractivity contribution >= 4 is 11.3 Å². The van der Waals surface area contributed by atoms with E-state index in [9.17, 15) is 8.78 Å². The summed E-state index contributed by atoms with van der Waals surface area (Å²) in [7, 11) is 0. The van der Waals surface area contributed by atoms with Crippen molar-refractivity contribution in [2.75, 3.05) is 0 Å². The average molecular weight is 177 g/mol. The molecule has 62 valence electrons. The highest BCUT2D eigenvalue weighted by Crippen LogP contribution is 2.21. The zero-order chi connectivity index (χ0) is 8.27. The second kappa shape index (κ2) is 3.78. The summed E-state index contributed by atoms with van der Waals surface area (Å²) >= 11 is 1.41. The Bertz CT molecular complexity index is 198. The molecule has 2 N–H and O–H groups in total. The summed E-state index contributed by atoms with van der Waals surface area (Å²) in [6.45, 7) is 0. The quantitative estimate of drug-likeness (QED) is 0.753. The Hall–Kier alpha value is -0.480. The van der Waals surface area contributed by atoms with Gasteiger partial charge in [0, 0.05) is 17.3 Å². The van der Waals surface area contributed by atoms with E-state index in [0.29, 0.717) is 0 Å². The highest BCUT2D eigenvalue weighted by molar-refractivity contribution is 7.10. The lowest BCUT2D eigenvalue weighted by Gasteiger charge is -2.07. The molecular weight excluding hydrogens is 168 g/mol. The van der Waals surface area contributed by atoms with Crippen LogP contribution in [-0.4, -0.2) is 6.43 Å². The molecule has 0 fully saturated rings. The summed E-state index contributed by atoms with van der Waals surface area (Å²) in [5.41, 5.74) is 5.47. The summed E-state index contributed by atoms with van der Waals surface area (Å²) < 4.78 is 23.6. The van der Waals surface area contributed by atoms with Crippen LogP contribution in [0.25, 0.3) is 0 Å². The molecule has 0 aromatic carbocycles. The van der Waals surface area contributed by atoms with E-state index in [1.165, 1.54) is 11.3 Å². The Morgan fingerprint density at radius 1 is 1.55 bits per heavy atom. The van der Waals surface area contributed by atoms with Gasteiger partial charge in [-0.2, -0.15) is 0 Å². The minimum absolute atomic E-state index is 0.249. The number of hydrogen-bond donors (Lipinski definition) is 1. The van der Waals surface area contributed by atoms with Gasteiger partial charge in [-0.15, -0.1) is 11.3 Å². The lowest BCUT2D eigenvalue weighted by atomic mass is 10.2. The molecule has 1 nitrogen and oxygen atoms in total. The molecule has 1 atom stereocenters. The van der Waals surface area contributed by atoms with Crippen LogP contribution in [0.3, 0.4) is 0 Å². The number of rotatable bonds is 3. The molecule has 1 aromatic heterocycles. The fourth-order valence-corrected chi connectivity index (χ4v) is 1.55. The molecule has 0 spiro atoms. The van der Waals surface area contributed by atoms with Crippen molar-refractivity contribution in [3.63, 3.8) is 0 Å². The van der Waals surface area contributed by atoms with Crippen molar-refractivity contribution in [2.45, 2.75) is 18.9 Å². The van der Waals surface area contributed by atoms with Crippen LogP contribution in [0.15, 0.2) is 17.5 Å².